The average molecular weight is 286 g/mol. The van der Waals surface area contributed by atoms with E-state index in [9.17, 15) is 18.3 Å². The first kappa shape index (κ1) is 12.3. The minimum Gasteiger partial charge on any atom is -0.506 e. The quantitative estimate of drug-likeness (QED) is 0.733. The monoisotopic (exact) mass is 285 g/mol. The van der Waals surface area contributed by atoms with Gasteiger partial charge in [0, 0.05) is 12.1 Å². The van der Waals surface area contributed by atoms with Gasteiger partial charge in [0.15, 0.2) is 0 Å². The molecule has 0 bridgehead atoms. The highest BCUT2D eigenvalue weighted by atomic mass is 79.9. The standard InChI is InChI=1S/C8H7BrF3NO2/c9-6-2-5(8(10,11)12)1-4(3-13-15)7(6)14/h1-2,13-15H,3H2. The molecule has 0 saturated carbocycles. The Balaban J connectivity index is 3.23. The molecule has 0 heterocycles. The highest BCUT2D eigenvalue weighted by Crippen LogP contribution is 2.36. The van der Waals surface area contributed by atoms with Gasteiger partial charge in [-0.05, 0) is 28.1 Å². The second-order valence-electron chi connectivity index (χ2n) is 2.80. The van der Waals surface area contributed by atoms with Crippen molar-refractivity contribution in [2.75, 3.05) is 0 Å². The zero-order valence-corrected chi connectivity index (χ0v) is 8.85. The van der Waals surface area contributed by atoms with Crippen molar-refractivity contribution in [3.8, 4) is 5.75 Å². The minimum atomic E-state index is -4.49. The van der Waals surface area contributed by atoms with Crippen LogP contribution in [0.1, 0.15) is 11.1 Å². The molecular weight excluding hydrogens is 279 g/mol. The summed E-state index contributed by atoms with van der Waals surface area (Å²) in [6.07, 6.45) is -4.49. The van der Waals surface area contributed by atoms with Crippen LogP contribution in [-0.2, 0) is 12.7 Å². The second-order valence-corrected chi connectivity index (χ2v) is 3.65. The first-order valence-corrected chi connectivity index (χ1v) is 4.61. The van der Waals surface area contributed by atoms with Crippen LogP contribution < -0.4 is 5.48 Å². The largest absolute Gasteiger partial charge is 0.506 e. The third-order valence-electron chi connectivity index (χ3n) is 1.74. The summed E-state index contributed by atoms with van der Waals surface area (Å²) in [5.74, 6) is -0.329. The predicted octanol–water partition coefficient (Wildman–Crippen LogP) is 2.65. The van der Waals surface area contributed by atoms with Crippen LogP contribution >= 0.6 is 15.9 Å². The molecule has 0 aliphatic rings. The van der Waals surface area contributed by atoms with Gasteiger partial charge in [0.2, 0.25) is 0 Å². The smallest absolute Gasteiger partial charge is 0.416 e. The Morgan fingerprint density at radius 1 is 1.33 bits per heavy atom. The maximum Gasteiger partial charge on any atom is 0.416 e. The molecule has 15 heavy (non-hydrogen) atoms. The van der Waals surface area contributed by atoms with Crippen molar-refractivity contribution in [3.63, 3.8) is 0 Å². The number of alkyl halides is 3. The van der Waals surface area contributed by atoms with E-state index in [1.54, 1.807) is 5.48 Å². The highest BCUT2D eigenvalue weighted by molar-refractivity contribution is 9.10. The molecule has 0 amide bonds. The van der Waals surface area contributed by atoms with Crippen molar-refractivity contribution in [3.05, 3.63) is 27.7 Å². The Labute approximate surface area is 91.6 Å². The number of phenols is 1. The number of aromatic hydroxyl groups is 1. The molecule has 0 saturated heterocycles. The van der Waals surface area contributed by atoms with E-state index in [1.807, 2.05) is 0 Å². The third kappa shape index (κ3) is 2.83. The Hall–Kier alpha value is -0.790. The van der Waals surface area contributed by atoms with Crippen molar-refractivity contribution < 1.29 is 23.5 Å². The van der Waals surface area contributed by atoms with Gasteiger partial charge in [-0.15, -0.1) is 0 Å². The van der Waals surface area contributed by atoms with E-state index in [1.165, 1.54) is 0 Å². The van der Waals surface area contributed by atoms with Gasteiger partial charge in [-0.25, -0.2) is 5.48 Å². The molecule has 3 nitrogen and oxygen atoms in total. The molecule has 0 aliphatic carbocycles. The summed E-state index contributed by atoms with van der Waals surface area (Å²) in [6, 6.07) is 1.54. The summed E-state index contributed by atoms with van der Waals surface area (Å²) in [6.45, 7) is -0.269. The summed E-state index contributed by atoms with van der Waals surface area (Å²) in [5, 5.41) is 17.7. The Morgan fingerprint density at radius 2 is 1.93 bits per heavy atom. The molecule has 1 rings (SSSR count). The van der Waals surface area contributed by atoms with Gasteiger partial charge in [-0.2, -0.15) is 13.2 Å². The van der Waals surface area contributed by atoms with Gasteiger partial charge in [0.1, 0.15) is 5.75 Å². The molecule has 84 valence electrons. The number of benzene rings is 1. The fraction of sp³-hybridized carbons (Fsp3) is 0.250. The van der Waals surface area contributed by atoms with E-state index in [4.69, 9.17) is 5.21 Å². The lowest BCUT2D eigenvalue weighted by Crippen LogP contribution is -2.10. The predicted molar refractivity (Wildman–Crippen MR) is 49.4 cm³/mol. The van der Waals surface area contributed by atoms with Crippen molar-refractivity contribution in [2.24, 2.45) is 0 Å². The zero-order valence-electron chi connectivity index (χ0n) is 7.27. The van der Waals surface area contributed by atoms with Crippen LogP contribution in [0.3, 0.4) is 0 Å². The number of hydrogen-bond acceptors (Lipinski definition) is 3. The van der Waals surface area contributed by atoms with Gasteiger partial charge in [-0.1, -0.05) is 0 Å². The topological polar surface area (TPSA) is 52.5 Å². The number of hydroxylamine groups is 1. The Bertz CT molecular complexity index is 368. The minimum absolute atomic E-state index is 0.0424. The van der Waals surface area contributed by atoms with Crippen LogP contribution in [0.5, 0.6) is 5.75 Å². The highest BCUT2D eigenvalue weighted by Gasteiger charge is 2.31. The third-order valence-corrected chi connectivity index (χ3v) is 2.34. The number of rotatable bonds is 2. The van der Waals surface area contributed by atoms with Crippen LogP contribution in [0, 0.1) is 0 Å². The lowest BCUT2D eigenvalue weighted by molar-refractivity contribution is -0.137. The first-order chi connectivity index (χ1) is 6.86. The molecular formula is C8H7BrF3NO2. The molecule has 0 atom stereocenters. The lowest BCUT2D eigenvalue weighted by atomic mass is 10.1. The van der Waals surface area contributed by atoms with E-state index in [-0.39, 0.29) is 22.3 Å². The molecule has 3 N–H and O–H groups in total. The molecule has 1 aromatic carbocycles. The van der Waals surface area contributed by atoms with E-state index in [0.717, 1.165) is 12.1 Å². The molecule has 0 unspecified atom stereocenters. The van der Waals surface area contributed by atoms with Gasteiger partial charge in [0.05, 0.1) is 10.0 Å². The average Bonchev–Trinajstić information content (AvgIpc) is 2.11. The van der Waals surface area contributed by atoms with Gasteiger partial charge >= 0.3 is 6.18 Å². The maximum atomic E-state index is 12.3. The van der Waals surface area contributed by atoms with Crippen molar-refractivity contribution in [1.82, 2.24) is 5.48 Å². The van der Waals surface area contributed by atoms with Crippen molar-refractivity contribution in [2.45, 2.75) is 12.7 Å². The summed E-state index contributed by atoms with van der Waals surface area (Å²) in [5.41, 5.74) is 0.749. The first-order valence-electron chi connectivity index (χ1n) is 3.81. The fourth-order valence-electron chi connectivity index (χ4n) is 1.04. The van der Waals surface area contributed by atoms with Gasteiger partial charge < -0.3 is 10.3 Å². The number of hydrogen-bond donors (Lipinski definition) is 3. The van der Waals surface area contributed by atoms with E-state index in [2.05, 4.69) is 15.9 Å². The molecule has 0 fully saturated rings. The van der Waals surface area contributed by atoms with Crippen LogP contribution in [-0.4, -0.2) is 10.3 Å². The van der Waals surface area contributed by atoms with Crippen LogP contribution in [0.2, 0.25) is 0 Å². The maximum absolute atomic E-state index is 12.3. The van der Waals surface area contributed by atoms with Gasteiger partial charge in [0.25, 0.3) is 0 Å². The molecule has 0 radical (unpaired) electrons. The zero-order chi connectivity index (χ0) is 11.6. The Morgan fingerprint density at radius 3 is 2.40 bits per heavy atom. The van der Waals surface area contributed by atoms with E-state index < -0.39 is 11.7 Å². The normalized spacial score (nSPS) is 11.8. The number of phenolic OH excluding ortho intramolecular Hbond substituents is 1. The SMILES string of the molecule is ONCc1cc(C(F)(F)F)cc(Br)c1O. The van der Waals surface area contributed by atoms with Crippen LogP contribution in [0.25, 0.3) is 0 Å². The second kappa shape index (κ2) is 4.38. The fourth-order valence-corrected chi connectivity index (χ4v) is 1.54. The summed E-state index contributed by atoms with van der Waals surface area (Å²) < 4.78 is 36.9. The molecule has 0 spiro atoms. The number of halogens is 4. The number of nitrogens with one attached hydrogen (secondary N) is 1. The van der Waals surface area contributed by atoms with Gasteiger partial charge in [-0.3, -0.25) is 0 Å². The molecule has 1 aromatic rings. The summed E-state index contributed by atoms with van der Waals surface area (Å²) >= 11 is 2.80. The molecule has 0 aromatic heterocycles. The summed E-state index contributed by atoms with van der Waals surface area (Å²) in [7, 11) is 0. The van der Waals surface area contributed by atoms with E-state index >= 15 is 0 Å². The van der Waals surface area contributed by atoms with Crippen molar-refractivity contribution in [1.29, 1.82) is 0 Å². The molecule has 7 heteroatoms. The Kier molecular flexibility index (Phi) is 3.58. The lowest BCUT2D eigenvalue weighted by Gasteiger charge is -2.11. The van der Waals surface area contributed by atoms with Crippen LogP contribution in [0.4, 0.5) is 13.2 Å². The van der Waals surface area contributed by atoms with Crippen molar-refractivity contribution >= 4 is 15.9 Å². The summed E-state index contributed by atoms with van der Waals surface area (Å²) in [4.78, 5) is 0. The van der Waals surface area contributed by atoms with Crippen LogP contribution in [0.15, 0.2) is 16.6 Å². The molecule has 0 aliphatic heterocycles. The van der Waals surface area contributed by atoms with E-state index in [0.29, 0.717) is 0 Å².